The molecule has 3 aromatic rings. The van der Waals surface area contributed by atoms with Crippen LogP contribution in [0.25, 0.3) is 5.57 Å². The molecule has 2 aliphatic rings. The zero-order chi connectivity index (χ0) is 30.1. The van der Waals surface area contributed by atoms with Crippen LogP contribution in [0.4, 0.5) is 17.1 Å². The van der Waals surface area contributed by atoms with Crippen LogP contribution in [0.2, 0.25) is 0 Å². The van der Waals surface area contributed by atoms with E-state index in [4.69, 9.17) is 0 Å². The molecule has 2 aliphatic heterocycles. The average Bonchev–Trinajstić information content (AvgIpc) is 3.32. The molecule has 0 atom stereocenters. The molecule has 216 valence electrons. The zero-order valence-corrected chi connectivity index (χ0v) is 25.7. The van der Waals surface area contributed by atoms with Crippen molar-refractivity contribution in [3.63, 3.8) is 0 Å². The predicted molar refractivity (Wildman–Crippen MR) is 175 cm³/mol. The molecule has 0 fully saturated rings. The number of para-hydroxylation sites is 2. The molecular weight excluding hydrogens is 518 g/mol. The van der Waals surface area contributed by atoms with Crippen molar-refractivity contribution in [1.82, 2.24) is 0 Å². The highest BCUT2D eigenvalue weighted by Gasteiger charge is 2.44. The van der Waals surface area contributed by atoms with E-state index in [1.807, 2.05) is 12.1 Å². The molecule has 3 aromatic carbocycles. The monoisotopic (exact) mass is 560 g/mol. The van der Waals surface area contributed by atoms with Crippen molar-refractivity contribution in [2.75, 3.05) is 18.0 Å². The van der Waals surface area contributed by atoms with Gasteiger partial charge in [0.2, 0.25) is 5.69 Å². The first-order chi connectivity index (χ1) is 20.1. The number of benzene rings is 3. The van der Waals surface area contributed by atoms with Crippen molar-refractivity contribution in [3.05, 3.63) is 130 Å². The maximum atomic E-state index is 11.4. The first-order valence-electron chi connectivity index (χ1n) is 15.1. The Kier molecular flexibility index (Phi) is 8.05. The summed E-state index contributed by atoms with van der Waals surface area (Å²) in [5, 5.41) is 11.4. The van der Waals surface area contributed by atoms with Crippen LogP contribution >= 0.6 is 0 Å². The van der Waals surface area contributed by atoms with Gasteiger partial charge < -0.3 is 4.90 Å². The maximum Gasteiger partial charge on any atom is 0.269 e. The quantitative estimate of drug-likeness (QED) is 0.113. The molecule has 0 radical (unpaired) electrons. The molecule has 42 heavy (non-hydrogen) atoms. The Labute approximate surface area is 250 Å². The van der Waals surface area contributed by atoms with Crippen LogP contribution in [-0.4, -0.2) is 28.3 Å². The smallest absolute Gasteiger partial charge is 0.269 e. The summed E-state index contributed by atoms with van der Waals surface area (Å²) in [5.74, 6) is 0. The number of nitrogens with zero attached hydrogens (tertiary/aromatic N) is 3. The van der Waals surface area contributed by atoms with E-state index in [9.17, 15) is 10.1 Å². The molecule has 0 aliphatic carbocycles. The Hall–Kier alpha value is -4.25. The minimum Gasteiger partial charge on any atom is -0.344 e. The molecule has 0 saturated heterocycles. The summed E-state index contributed by atoms with van der Waals surface area (Å²) >= 11 is 0. The fourth-order valence-corrected chi connectivity index (χ4v) is 6.57. The van der Waals surface area contributed by atoms with Gasteiger partial charge in [0.15, 0.2) is 5.71 Å². The van der Waals surface area contributed by atoms with E-state index in [1.54, 1.807) is 12.1 Å². The molecule has 2 heterocycles. The lowest BCUT2D eigenvalue weighted by molar-refractivity contribution is -0.437. The number of nitro groups is 1. The SMILES string of the molecule is CCCN1/C(=C/C=C(/C=C/C2=[N+](CCC)c3ccccc3C2(C)C)c2ccc([N+](=O)[O-])cc2)C(C)(C)c2ccccc21. The van der Waals surface area contributed by atoms with Crippen molar-refractivity contribution in [2.45, 2.75) is 65.2 Å². The first-order valence-corrected chi connectivity index (χ1v) is 15.1. The molecule has 0 aromatic heterocycles. The summed E-state index contributed by atoms with van der Waals surface area (Å²) in [6, 6.07) is 24.3. The lowest BCUT2D eigenvalue weighted by atomic mass is 9.81. The number of fused-ring (bicyclic) bond motifs is 2. The highest BCUT2D eigenvalue weighted by atomic mass is 16.6. The van der Waals surface area contributed by atoms with Gasteiger partial charge in [-0.05, 0) is 67.3 Å². The van der Waals surface area contributed by atoms with Crippen molar-refractivity contribution < 1.29 is 9.50 Å². The van der Waals surface area contributed by atoms with Gasteiger partial charge in [0.05, 0.1) is 10.3 Å². The van der Waals surface area contributed by atoms with E-state index in [0.29, 0.717) is 0 Å². The first kappa shape index (κ1) is 29.2. The van der Waals surface area contributed by atoms with E-state index >= 15 is 0 Å². The van der Waals surface area contributed by atoms with Gasteiger partial charge >= 0.3 is 0 Å². The van der Waals surface area contributed by atoms with E-state index in [0.717, 1.165) is 37.1 Å². The Balaban J connectivity index is 1.63. The van der Waals surface area contributed by atoms with Crippen LogP contribution in [0, 0.1) is 10.1 Å². The van der Waals surface area contributed by atoms with Gasteiger partial charge in [0.25, 0.3) is 5.69 Å². The number of hydrogen-bond donors (Lipinski definition) is 0. The van der Waals surface area contributed by atoms with Gasteiger partial charge in [-0.1, -0.05) is 70.2 Å². The number of hydrogen-bond acceptors (Lipinski definition) is 3. The highest BCUT2D eigenvalue weighted by molar-refractivity contribution is 6.04. The second kappa shape index (κ2) is 11.6. The number of nitro benzene ring substituents is 1. The van der Waals surface area contributed by atoms with Crippen LogP contribution in [0.15, 0.2) is 103 Å². The third-order valence-corrected chi connectivity index (χ3v) is 8.75. The molecule has 0 amide bonds. The van der Waals surface area contributed by atoms with Gasteiger partial charge in [-0.3, -0.25) is 10.1 Å². The van der Waals surface area contributed by atoms with Crippen molar-refractivity contribution in [2.24, 2.45) is 0 Å². The summed E-state index contributed by atoms with van der Waals surface area (Å²) in [5.41, 5.74) is 9.49. The minimum atomic E-state index is -0.345. The third-order valence-electron chi connectivity index (χ3n) is 8.75. The van der Waals surface area contributed by atoms with Gasteiger partial charge in [0.1, 0.15) is 6.54 Å². The number of rotatable bonds is 9. The number of anilines is 1. The summed E-state index contributed by atoms with van der Waals surface area (Å²) < 4.78 is 2.44. The molecular formula is C37H42N3O2+. The van der Waals surface area contributed by atoms with Crippen molar-refractivity contribution >= 4 is 28.3 Å². The van der Waals surface area contributed by atoms with Gasteiger partial charge in [-0.25, -0.2) is 0 Å². The molecule has 0 N–H and O–H groups in total. The summed E-state index contributed by atoms with van der Waals surface area (Å²) in [4.78, 5) is 13.5. The van der Waals surface area contributed by atoms with Gasteiger partial charge in [-0.2, -0.15) is 4.58 Å². The van der Waals surface area contributed by atoms with Crippen LogP contribution < -0.4 is 4.90 Å². The largest absolute Gasteiger partial charge is 0.344 e. The Morgan fingerprint density at radius 1 is 0.881 bits per heavy atom. The Morgan fingerprint density at radius 3 is 2.21 bits per heavy atom. The summed E-state index contributed by atoms with van der Waals surface area (Å²) in [6.45, 7) is 15.5. The molecule has 0 bridgehead atoms. The van der Waals surface area contributed by atoms with Crippen LogP contribution in [0.1, 0.15) is 71.1 Å². The fraction of sp³-hybridized carbons (Fsp3) is 0.324. The van der Waals surface area contributed by atoms with Crippen LogP contribution in [0.5, 0.6) is 0 Å². The topological polar surface area (TPSA) is 49.4 Å². The summed E-state index contributed by atoms with van der Waals surface area (Å²) in [6.07, 6.45) is 11.0. The third kappa shape index (κ3) is 5.13. The molecule has 0 saturated carbocycles. The Bertz CT molecular complexity index is 1620. The average molecular weight is 561 g/mol. The molecule has 0 spiro atoms. The second-order valence-corrected chi connectivity index (χ2v) is 12.3. The predicted octanol–water partition coefficient (Wildman–Crippen LogP) is 9.11. The van der Waals surface area contributed by atoms with E-state index in [2.05, 4.69) is 124 Å². The standard InChI is InChI=1S/C37H42N3O2/c1-7-25-38-32-15-11-9-13-30(32)36(3,4)34(38)23-19-28(27-17-21-29(22-18-27)40(41)42)20-24-35-37(5,6)31-14-10-12-16-33(31)39(35)26-8-2/h9-24H,7-8,25-26H2,1-6H3/q+1. The van der Waals surface area contributed by atoms with Gasteiger partial charge in [-0.15, -0.1) is 0 Å². The highest BCUT2D eigenvalue weighted by Crippen LogP contribution is 2.47. The van der Waals surface area contributed by atoms with Crippen molar-refractivity contribution in [1.29, 1.82) is 0 Å². The number of allylic oxidation sites excluding steroid dienone is 6. The molecule has 0 unspecified atom stereocenters. The minimum absolute atomic E-state index is 0.0952. The molecule has 5 heteroatoms. The van der Waals surface area contributed by atoms with Crippen molar-refractivity contribution in [3.8, 4) is 0 Å². The van der Waals surface area contributed by atoms with Crippen LogP contribution in [-0.2, 0) is 10.8 Å². The fourth-order valence-electron chi connectivity index (χ4n) is 6.57. The summed E-state index contributed by atoms with van der Waals surface area (Å²) in [7, 11) is 0. The molecule has 5 nitrogen and oxygen atoms in total. The zero-order valence-electron chi connectivity index (χ0n) is 25.7. The van der Waals surface area contributed by atoms with Gasteiger partial charge in [0, 0.05) is 59.6 Å². The second-order valence-electron chi connectivity index (χ2n) is 12.3. The lowest BCUT2D eigenvalue weighted by Gasteiger charge is -2.26. The normalized spacial score (nSPS) is 18.2. The van der Waals surface area contributed by atoms with E-state index in [-0.39, 0.29) is 21.4 Å². The van der Waals surface area contributed by atoms with Crippen LogP contribution in [0.3, 0.4) is 0 Å². The lowest BCUT2D eigenvalue weighted by Crippen LogP contribution is -2.27. The maximum absolute atomic E-state index is 11.4. The Morgan fingerprint density at radius 2 is 1.55 bits per heavy atom. The van der Waals surface area contributed by atoms with E-state index in [1.165, 1.54) is 33.9 Å². The molecule has 5 rings (SSSR count). The van der Waals surface area contributed by atoms with E-state index < -0.39 is 0 Å². The number of non-ortho nitro benzene ring substituents is 1.